The number of aromatic nitrogens is 2. The quantitative estimate of drug-likeness (QED) is 0.317. The first-order valence-electron chi connectivity index (χ1n) is 9.33. The summed E-state index contributed by atoms with van der Waals surface area (Å²) in [6, 6.07) is 31.9. The van der Waals surface area contributed by atoms with Crippen molar-refractivity contribution < 1.29 is 0 Å². The van der Waals surface area contributed by atoms with E-state index >= 15 is 0 Å². The van der Waals surface area contributed by atoms with Crippen LogP contribution >= 0.6 is 11.3 Å². The largest absolute Gasteiger partial charge is 0.298 e. The molecule has 3 heteroatoms. The summed E-state index contributed by atoms with van der Waals surface area (Å²) in [7, 11) is 0. The van der Waals surface area contributed by atoms with Crippen molar-refractivity contribution in [2.24, 2.45) is 0 Å². The summed E-state index contributed by atoms with van der Waals surface area (Å²) in [5, 5.41) is 2.43. The molecule has 0 fully saturated rings. The van der Waals surface area contributed by atoms with E-state index in [-0.39, 0.29) is 0 Å². The van der Waals surface area contributed by atoms with Crippen LogP contribution in [-0.2, 0) is 0 Å². The fourth-order valence-corrected chi connectivity index (χ4v) is 4.95. The van der Waals surface area contributed by atoms with Gasteiger partial charge in [0.25, 0.3) is 0 Å². The van der Waals surface area contributed by atoms with Gasteiger partial charge in [0.2, 0.25) is 0 Å². The van der Waals surface area contributed by atoms with Gasteiger partial charge in [0.1, 0.15) is 5.65 Å². The molecule has 3 aromatic carbocycles. The lowest BCUT2D eigenvalue weighted by Crippen LogP contribution is -1.89. The number of pyridine rings is 1. The van der Waals surface area contributed by atoms with Crippen molar-refractivity contribution in [3.63, 3.8) is 0 Å². The molecule has 2 nitrogen and oxygen atoms in total. The van der Waals surface area contributed by atoms with Gasteiger partial charge in [-0.15, -0.1) is 11.3 Å². The number of rotatable bonds is 2. The molecule has 0 amide bonds. The normalized spacial score (nSPS) is 11.6. The Morgan fingerprint density at radius 3 is 2.25 bits per heavy atom. The Hall–Kier alpha value is -3.43. The second kappa shape index (κ2) is 6.04. The smallest absolute Gasteiger partial charge is 0.145 e. The minimum atomic E-state index is 1.01. The lowest BCUT2D eigenvalue weighted by atomic mass is 10.1. The summed E-state index contributed by atoms with van der Waals surface area (Å²) in [6.45, 7) is 0. The second-order valence-electron chi connectivity index (χ2n) is 6.91. The first-order valence-corrected chi connectivity index (χ1v) is 10.1. The van der Waals surface area contributed by atoms with Crippen LogP contribution < -0.4 is 0 Å². The van der Waals surface area contributed by atoms with Crippen molar-refractivity contribution in [3.05, 3.63) is 97.2 Å². The molecule has 28 heavy (non-hydrogen) atoms. The highest BCUT2D eigenvalue weighted by Crippen LogP contribution is 2.39. The Morgan fingerprint density at radius 2 is 1.36 bits per heavy atom. The van der Waals surface area contributed by atoms with E-state index in [9.17, 15) is 0 Å². The van der Waals surface area contributed by atoms with E-state index in [0.717, 1.165) is 16.7 Å². The van der Waals surface area contributed by atoms with Gasteiger partial charge < -0.3 is 0 Å². The summed E-state index contributed by atoms with van der Waals surface area (Å²) in [5.74, 6) is 0. The van der Waals surface area contributed by atoms with Gasteiger partial charge in [0.05, 0.1) is 11.0 Å². The fourth-order valence-electron chi connectivity index (χ4n) is 3.91. The fraction of sp³-hybridized carbons (Fsp3) is 0. The van der Waals surface area contributed by atoms with Crippen LogP contribution in [0.25, 0.3) is 48.3 Å². The molecule has 0 saturated carbocycles. The summed E-state index contributed by atoms with van der Waals surface area (Å²) < 4.78 is 2.23. The summed E-state index contributed by atoms with van der Waals surface area (Å²) >= 11 is 1.84. The molecule has 132 valence electrons. The number of benzene rings is 3. The van der Waals surface area contributed by atoms with Crippen LogP contribution in [0.1, 0.15) is 0 Å². The van der Waals surface area contributed by atoms with E-state index < -0.39 is 0 Å². The van der Waals surface area contributed by atoms with Crippen molar-refractivity contribution >= 4 is 38.8 Å². The maximum Gasteiger partial charge on any atom is 0.145 e. The predicted molar refractivity (Wildman–Crippen MR) is 119 cm³/mol. The third-order valence-electron chi connectivity index (χ3n) is 5.24. The number of hydrogen-bond donors (Lipinski definition) is 0. The molecule has 0 radical (unpaired) electrons. The van der Waals surface area contributed by atoms with Crippen LogP contribution in [0.4, 0.5) is 0 Å². The molecule has 0 aliphatic heterocycles. The predicted octanol–water partition coefficient (Wildman–Crippen LogP) is 7.04. The van der Waals surface area contributed by atoms with Crippen molar-refractivity contribution in [1.29, 1.82) is 0 Å². The Bertz CT molecular complexity index is 1460. The van der Waals surface area contributed by atoms with E-state index in [4.69, 9.17) is 4.98 Å². The van der Waals surface area contributed by atoms with Crippen LogP contribution in [0.2, 0.25) is 0 Å². The SMILES string of the molecule is c1ccc(-c2ccc(-c3cn4c5ccccc5nc4c4ccccc34)s2)cc1. The Kier molecular flexibility index (Phi) is 3.37. The highest BCUT2D eigenvalue weighted by molar-refractivity contribution is 7.18. The maximum atomic E-state index is 4.90. The number of hydrogen-bond acceptors (Lipinski definition) is 2. The lowest BCUT2D eigenvalue weighted by Gasteiger charge is -2.08. The molecule has 0 unspecified atom stereocenters. The van der Waals surface area contributed by atoms with E-state index in [2.05, 4.69) is 95.5 Å². The van der Waals surface area contributed by atoms with Crippen LogP contribution in [0, 0.1) is 0 Å². The third-order valence-corrected chi connectivity index (χ3v) is 6.41. The average molecular weight is 376 g/mol. The molecule has 0 N–H and O–H groups in total. The minimum absolute atomic E-state index is 1.01. The van der Waals surface area contributed by atoms with E-state index in [1.807, 2.05) is 17.4 Å². The van der Waals surface area contributed by atoms with Crippen molar-refractivity contribution in [1.82, 2.24) is 9.38 Å². The van der Waals surface area contributed by atoms with E-state index in [1.165, 1.54) is 31.7 Å². The zero-order valence-corrected chi connectivity index (χ0v) is 15.9. The lowest BCUT2D eigenvalue weighted by molar-refractivity contribution is 1.25. The third kappa shape index (κ3) is 2.30. The first-order chi connectivity index (χ1) is 13.9. The van der Waals surface area contributed by atoms with Gasteiger partial charge in [-0.1, -0.05) is 66.7 Å². The molecule has 6 rings (SSSR count). The monoisotopic (exact) mass is 376 g/mol. The zero-order valence-electron chi connectivity index (χ0n) is 15.0. The number of imidazole rings is 1. The van der Waals surface area contributed by atoms with Gasteiger partial charge in [-0.05, 0) is 35.2 Å². The number of fused-ring (bicyclic) bond motifs is 5. The Labute approximate surface area is 166 Å². The summed E-state index contributed by atoms with van der Waals surface area (Å²) in [5.41, 5.74) is 5.70. The summed E-state index contributed by atoms with van der Waals surface area (Å²) in [6.07, 6.45) is 2.24. The van der Waals surface area contributed by atoms with E-state index in [0.29, 0.717) is 0 Å². The van der Waals surface area contributed by atoms with Crippen molar-refractivity contribution in [2.75, 3.05) is 0 Å². The summed E-state index contributed by atoms with van der Waals surface area (Å²) in [4.78, 5) is 7.46. The molecule has 0 spiro atoms. The standard InChI is InChI=1S/C25H16N2S/c1-2-8-17(9-3-1)23-14-15-24(28-23)20-16-27-22-13-7-6-12-21(22)26-25(27)19-11-5-4-10-18(19)20/h1-16H. The minimum Gasteiger partial charge on any atom is -0.298 e. The molecule has 3 aromatic heterocycles. The van der Waals surface area contributed by atoms with Gasteiger partial charge in [0, 0.05) is 26.9 Å². The number of para-hydroxylation sites is 2. The maximum absolute atomic E-state index is 4.90. The number of thiophene rings is 1. The van der Waals surface area contributed by atoms with Gasteiger partial charge in [-0.3, -0.25) is 4.40 Å². The second-order valence-corrected chi connectivity index (χ2v) is 8.00. The van der Waals surface area contributed by atoms with Gasteiger partial charge in [-0.25, -0.2) is 4.98 Å². The molecule has 6 aromatic rings. The molecule has 0 aliphatic rings. The molecular weight excluding hydrogens is 360 g/mol. The zero-order chi connectivity index (χ0) is 18.5. The van der Waals surface area contributed by atoms with Gasteiger partial charge in [0.15, 0.2) is 0 Å². The first kappa shape index (κ1) is 15.6. The Balaban J connectivity index is 1.66. The molecule has 3 heterocycles. The van der Waals surface area contributed by atoms with Gasteiger partial charge >= 0.3 is 0 Å². The molecule has 0 saturated heterocycles. The highest BCUT2D eigenvalue weighted by Gasteiger charge is 2.14. The highest BCUT2D eigenvalue weighted by atomic mass is 32.1. The topological polar surface area (TPSA) is 17.3 Å². The molecular formula is C25H16N2S. The number of nitrogens with zero attached hydrogens (tertiary/aromatic N) is 2. The van der Waals surface area contributed by atoms with Crippen LogP contribution in [-0.4, -0.2) is 9.38 Å². The van der Waals surface area contributed by atoms with Crippen molar-refractivity contribution in [2.45, 2.75) is 0 Å². The molecule has 0 atom stereocenters. The van der Waals surface area contributed by atoms with Crippen LogP contribution in [0.5, 0.6) is 0 Å². The van der Waals surface area contributed by atoms with E-state index in [1.54, 1.807) is 0 Å². The Morgan fingerprint density at radius 1 is 0.643 bits per heavy atom. The van der Waals surface area contributed by atoms with Crippen LogP contribution in [0.15, 0.2) is 97.2 Å². The van der Waals surface area contributed by atoms with Crippen LogP contribution in [0.3, 0.4) is 0 Å². The van der Waals surface area contributed by atoms with Gasteiger partial charge in [-0.2, -0.15) is 0 Å². The van der Waals surface area contributed by atoms with Crippen molar-refractivity contribution in [3.8, 4) is 20.9 Å². The molecule has 0 aliphatic carbocycles. The molecule has 0 bridgehead atoms. The average Bonchev–Trinajstić information content (AvgIpc) is 3.39.